The van der Waals surface area contributed by atoms with Gasteiger partial charge in [0.05, 0.1) is 29.1 Å². The fraction of sp³-hybridized carbons (Fsp3) is 0.118. The summed E-state index contributed by atoms with van der Waals surface area (Å²) in [7, 11) is 0. The maximum Gasteiger partial charge on any atom is 0.157 e. The number of fused-ring (bicyclic) bond motifs is 1. The molecule has 0 unspecified atom stereocenters. The molecule has 3 heterocycles. The average molecular weight is 339 g/mol. The van der Waals surface area contributed by atoms with Gasteiger partial charge in [0.25, 0.3) is 0 Å². The molecular formula is C17H14FN5S. The maximum absolute atomic E-state index is 13.1. The van der Waals surface area contributed by atoms with Crippen LogP contribution in [0.2, 0.25) is 0 Å². The summed E-state index contributed by atoms with van der Waals surface area (Å²) < 4.78 is 14.9. The van der Waals surface area contributed by atoms with Crippen molar-refractivity contribution < 1.29 is 4.39 Å². The third-order valence-corrected chi connectivity index (χ3v) is 4.44. The van der Waals surface area contributed by atoms with E-state index in [4.69, 9.17) is 0 Å². The Bertz CT molecular complexity index is 990. The van der Waals surface area contributed by atoms with Crippen molar-refractivity contribution in [1.82, 2.24) is 19.6 Å². The van der Waals surface area contributed by atoms with E-state index in [0.29, 0.717) is 6.54 Å². The Morgan fingerprint density at radius 1 is 1.17 bits per heavy atom. The second-order valence-electron chi connectivity index (χ2n) is 5.35. The number of thiazole rings is 1. The highest BCUT2D eigenvalue weighted by Gasteiger charge is 2.09. The number of halogens is 1. The van der Waals surface area contributed by atoms with Gasteiger partial charge in [-0.15, -0.1) is 11.3 Å². The molecular weight excluding hydrogens is 325 g/mol. The highest BCUT2D eigenvalue weighted by Crippen LogP contribution is 2.23. The van der Waals surface area contributed by atoms with Gasteiger partial charge in [-0.05, 0) is 31.2 Å². The Hall–Kier alpha value is -2.80. The maximum atomic E-state index is 13.1. The van der Waals surface area contributed by atoms with Crippen molar-refractivity contribution in [2.45, 2.75) is 13.5 Å². The van der Waals surface area contributed by atoms with Gasteiger partial charge < -0.3 is 5.32 Å². The largest absolute Gasteiger partial charge is 0.364 e. The number of hydrogen-bond donors (Lipinski definition) is 1. The molecule has 3 aromatic heterocycles. The predicted octanol–water partition coefficient (Wildman–Crippen LogP) is 3.91. The molecule has 0 amide bonds. The molecule has 5 nitrogen and oxygen atoms in total. The number of aromatic nitrogens is 4. The van der Waals surface area contributed by atoms with E-state index in [0.717, 1.165) is 33.4 Å². The van der Waals surface area contributed by atoms with E-state index in [1.165, 1.54) is 12.1 Å². The first kappa shape index (κ1) is 14.8. The lowest BCUT2D eigenvalue weighted by atomic mass is 10.1. The molecule has 4 rings (SSSR count). The van der Waals surface area contributed by atoms with Crippen LogP contribution in [0.25, 0.3) is 16.9 Å². The van der Waals surface area contributed by atoms with Crippen LogP contribution in [0.5, 0.6) is 0 Å². The van der Waals surface area contributed by atoms with Crippen LogP contribution in [0.1, 0.15) is 10.7 Å². The van der Waals surface area contributed by atoms with Crippen LogP contribution in [0.3, 0.4) is 0 Å². The van der Waals surface area contributed by atoms with E-state index in [2.05, 4.69) is 20.4 Å². The smallest absolute Gasteiger partial charge is 0.157 e. The van der Waals surface area contributed by atoms with Crippen molar-refractivity contribution in [3.8, 4) is 11.3 Å². The SMILES string of the molecule is Cc1nc(CNc2cc(-c3ccc(F)cc3)nc3ccnn23)cs1. The number of hydrogen-bond acceptors (Lipinski definition) is 5. The third-order valence-electron chi connectivity index (χ3n) is 3.62. The summed E-state index contributed by atoms with van der Waals surface area (Å²) >= 11 is 1.62. The second-order valence-corrected chi connectivity index (χ2v) is 6.41. The van der Waals surface area contributed by atoms with Crippen LogP contribution < -0.4 is 5.32 Å². The van der Waals surface area contributed by atoms with Gasteiger partial charge in [-0.3, -0.25) is 0 Å². The van der Waals surface area contributed by atoms with Gasteiger partial charge in [0.2, 0.25) is 0 Å². The molecule has 0 spiro atoms. The summed E-state index contributed by atoms with van der Waals surface area (Å²) in [4.78, 5) is 9.03. The molecule has 0 fully saturated rings. The number of nitrogens with zero attached hydrogens (tertiary/aromatic N) is 4. The van der Waals surface area contributed by atoms with Crippen molar-refractivity contribution in [3.63, 3.8) is 0 Å². The molecule has 0 aliphatic rings. The molecule has 0 bridgehead atoms. The monoisotopic (exact) mass is 339 g/mol. The molecule has 0 radical (unpaired) electrons. The molecule has 1 N–H and O–H groups in total. The lowest BCUT2D eigenvalue weighted by Gasteiger charge is -2.10. The molecule has 7 heteroatoms. The Labute approximate surface area is 141 Å². The Kier molecular flexibility index (Phi) is 3.70. The van der Waals surface area contributed by atoms with Crippen LogP contribution >= 0.6 is 11.3 Å². The zero-order chi connectivity index (χ0) is 16.5. The van der Waals surface area contributed by atoms with E-state index in [1.54, 1.807) is 34.2 Å². The molecule has 0 saturated carbocycles. The van der Waals surface area contributed by atoms with Gasteiger partial charge in [-0.2, -0.15) is 9.61 Å². The minimum Gasteiger partial charge on any atom is -0.364 e. The van der Waals surface area contributed by atoms with E-state index >= 15 is 0 Å². The number of anilines is 1. The summed E-state index contributed by atoms with van der Waals surface area (Å²) in [6.07, 6.45) is 1.70. The summed E-state index contributed by atoms with van der Waals surface area (Å²) in [6.45, 7) is 2.59. The van der Waals surface area contributed by atoms with E-state index in [9.17, 15) is 4.39 Å². The molecule has 24 heavy (non-hydrogen) atoms. The molecule has 120 valence electrons. The summed E-state index contributed by atoms with van der Waals surface area (Å²) in [6, 6.07) is 10.1. The minimum absolute atomic E-state index is 0.263. The van der Waals surface area contributed by atoms with Gasteiger partial charge in [0.15, 0.2) is 5.65 Å². The lowest BCUT2D eigenvalue weighted by Crippen LogP contribution is -2.07. The van der Waals surface area contributed by atoms with Crippen molar-refractivity contribution in [3.05, 3.63) is 64.5 Å². The first-order valence-electron chi connectivity index (χ1n) is 7.45. The Balaban J connectivity index is 1.70. The average Bonchev–Trinajstić information content (AvgIpc) is 3.22. The summed E-state index contributed by atoms with van der Waals surface area (Å²) in [5.41, 5.74) is 3.33. The number of aryl methyl sites for hydroxylation is 1. The molecule has 0 saturated heterocycles. The van der Waals surface area contributed by atoms with E-state index in [1.807, 2.05) is 24.4 Å². The van der Waals surface area contributed by atoms with Crippen LogP contribution in [0, 0.1) is 12.7 Å². The molecule has 0 aliphatic heterocycles. The Morgan fingerprint density at radius 3 is 2.75 bits per heavy atom. The normalized spacial score (nSPS) is 11.1. The van der Waals surface area contributed by atoms with Crippen molar-refractivity contribution in [1.29, 1.82) is 0 Å². The topological polar surface area (TPSA) is 55.1 Å². The first-order valence-corrected chi connectivity index (χ1v) is 8.32. The summed E-state index contributed by atoms with van der Waals surface area (Å²) in [5.74, 6) is 0.552. The van der Waals surface area contributed by atoms with Gasteiger partial charge >= 0.3 is 0 Å². The standard InChI is InChI=1S/C17H14FN5S/c1-11-21-14(10-24-11)9-19-17-8-15(12-2-4-13(18)5-3-12)22-16-6-7-20-23(16)17/h2-8,10,19H,9H2,1H3. The quantitative estimate of drug-likeness (QED) is 0.612. The number of nitrogens with one attached hydrogen (secondary N) is 1. The molecule has 4 aromatic rings. The van der Waals surface area contributed by atoms with Crippen molar-refractivity contribution in [2.75, 3.05) is 5.32 Å². The van der Waals surface area contributed by atoms with Gasteiger partial charge in [0.1, 0.15) is 11.6 Å². The molecule has 1 aromatic carbocycles. The molecule has 0 atom stereocenters. The van der Waals surface area contributed by atoms with Crippen LogP contribution in [-0.4, -0.2) is 19.6 Å². The van der Waals surface area contributed by atoms with Gasteiger partial charge in [-0.25, -0.2) is 14.4 Å². The first-order chi connectivity index (χ1) is 11.7. The fourth-order valence-corrected chi connectivity index (χ4v) is 3.09. The van der Waals surface area contributed by atoms with Crippen LogP contribution in [-0.2, 0) is 6.54 Å². The zero-order valence-corrected chi connectivity index (χ0v) is 13.7. The van der Waals surface area contributed by atoms with Gasteiger partial charge in [0, 0.05) is 23.1 Å². The highest BCUT2D eigenvalue weighted by molar-refractivity contribution is 7.09. The number of benzene rings is 1. The third kappa shape index (κ3) is 2.85. The minimum atomic E-state index is -0.263. The van der Waals surface area contributed by atoms with Crippen LogP contribution in [0.15, 0.2) is 48.0 Å². The lowest BCUT2D eigenvalue weighted by molar-refractivity contribution is 0.628. The van der Waals surface area contributed by atoms with Crippen molar-refractivity contribution >= 4 is 22.8 Å². The van der Waals surface area contributed by atoms with Crippen LogP contribution in [0.4, 0.5) is 10.2 Å². The van der Waals surface area contributed by atoms with E-state index in [-0.39, 0.29) is 5.82 Å². The predicted molar refractivity (Wildman–Crippen MR) is 92.6 cm³/mol. The molecule has 0 aliphatic carbocycles. The number of rotatable bonds is 4. The fourth-order valence-electron chi connectivity index (χ4n) is 2.48. The van der Waals surface area contributed by atoms with Crippen molar-refractivity contribution in [2.24, 2.45) is 0 Å². The summed E-state index contributed by atoms with van der Waals surface area (Å²) in [5, 5.41) is 10.7. The van der Waals surface area contributed by atoms with E-state index < -0.39 is 0 Å². The zero-order valence-electron chi connectivity index (χ0n) is 12.9. The highest BCUT2D eigenvalue weighted by atomic mass is 32.1. The van der Waals surface area contributed by atoms with Gasteiger partial charge in [-0.1, -0.05) is 0 Å². The second kappa shape index (κ2) is 6.01. The Morgan fingerprint density at radius 2 is 2.00 bits per heavy atom.